The summed E-state index contributed by atoms with van der Waals surface area (Å²) in [6, 6.07) is 0. The van der Waals surface area contributed by atoms with Gasteiger partial charge >= 0.3 is 0 Å². The van der Waals surface area contributed by atoms with Crippen LogP contribution in [0.3, 0.4) is 0 Å². The predicted octanol–water partition coefficient (Wildman–Crippen LogP) is 1.45. The molecule has 0 radical (unpaired) electrons. The van der Waals surface area contributed by atoms with Crippen LogP contribution in [0.25, 0.3) is 0 Å². The first-order valence-electron chi connectivity index (χ1n) is 4.61. The van der Waals surface area contributed by atoms with Crippen molar-refractivity contribution in [3.05, 3.63) is 18.0 Å². The number of halogens is 2. The average molecular weight is 263 g/mol. The van der Waals surface area contributed by atoms with E-state index in [1.54, 1.807) is 12.4 Å². The van der Waals surface area contributed by atoms with Crippen LogP contribution < -0.4 is 11.1 Å². The van der Waals surface area contributed by atoms with Gasteiger partial charge in [-0.25, -0.2) is 9.97 Å². The Morgan fingerprint density at radius 3 is 2.44 bits per heavy atom. The van der Waals surface area contributed by atoms with Crippen molar-refractivity contribution < 1.29 is 0 Å². The van der Waals surface area contributed by atoms with Gasteiger partial charge in [0.15, 0.2) is 0 Å². The first-order valence-corrected chi connectivity index (χ1v) is 4.61. The van der Waals surface area contributed by atoms with Gasteiger partial charge in [0.05, 0.1) is 5.56 Å². The van der Waals surface area contributed by atoms with Gasteiger partial charge in [0.2, 0.25) is 5.95 Å². The van der Waals surface area contributed by atoms with Crippen LogP contribution in [0, 0.1) is 11.8 Å². The summed E-state index contributed by atoms with van der Waals surface area (Å²) in [6.07, 6.45) is 4.11. The molecule has 6 heteroatoms. The molecule has 0 aliphatic carbocycles. The van der Waals surface area contributed by atoms with Crippen LogP contribution in [0.5, 0.6) is 0 Å². The fraction of sp³-hybridized carbons (Fsp3) is 0.400. The van der Waals surface area contributed by atoms with Crippen molar-refractivity contribution >= 4 is 30.8 Å². The normalized spacial score (nSPS) is 7.88. The van der Waals surface area contributed by atoms with Crippen molar-refractivity contribution in [3.63, 3.8) is 0 Å². The second-order valence-electron chi connectivity index (χ2n) is 2.67. The number of nitrogens with zero attached hydrogens (tertiary/aromatic N) is 2. The summed E-state index contributed by atoms with van der Waals surface area (Å²) < 4.78 is 0. The Labute approximate surface area is 108 Å². The molecule has 0 aliphatic heterocycles. The number of anilines is 1. The van der Waals surface area contributed by atoms with Gasteiger partial charge in [-0.3, -0.25) is 0 Å². The molecule has 1 heterocycles. The Balaban J connectivity index is 0. The third kappa shape index (κ3) is 6.46. The topological polar surface area (TPSA) is 63.8 Å². The quantitative estimate of drug-likeness (QED) is 0.810. The summed E-state index contributed by atoms with van der Waals surface area (Å²) in [5, 5.41) is 3.01. The number of hydrogen-bond acceptors (Lipinski definition) is 4. The van der Waals surface area contributed by atoms with E-state index < -0.39 is 0 Å². The van der Waals surface area contributed by atoms with Crippen molar-refractivity contribution in [2.75, 3.05) is 18.4 Å². The molecule has 0 saturated heterocycles. The van der Waals surface area contributed by atoms with Crippen LogP contribution in [0.1, 0.15) is 18.9 Å². The SMILES string of the molecule is CCNc1ncc(C#CCCN)cn1.Cl.Cl. The van der Waals surface area contributed by atoms with E-state index in [1.165, 1.54) is 0 Å². The predicted molar refractivity (Wildman–Crippen MR) is 71.2 cm³/mol. The maximum Gasteiger partial charge on any atom is 0.222 e. The summed E-state index contributed by atoms with van der Waals surface area (Å²) in [5.41, 5.74) is 6.13. The van der Waals surface area contributed by atoms with E-state index in [0.717, 1.165) is 12.1 Å². The van der Waals surface area contributed by atoms with Gasteiger partial charge in [-0.2, -0.15) is 0 Å². The molecular formula is C10H16Cl2N4. The zero-order chi connectivity index (χ0) is 10.2. The highest BCUT2D eigenvalue weighted by molar-refractivity contribution is 5.85. The Morgan fingerprint density at radius 2 is 1.94 bits per heavy atom. The monoisotopic (exact) mass is 262 g/mol. The van der Waals surface area contributed by atoms with E-state index >= 15 is 0 Å². The van der Waals surface area contributed by atoms with E-state index in [0.29, 0.717) is 18.9 Å². The second kappa shape index (κ2) is 10.5. The molecule has 1 rings (SSSR count). The number of nitrogens with one attached hydrogen (secondary N) is 1. The molecule has 0 atom stereocenters. The molecule has 0 aliphatic rings. The van der Waals surface area contributed by atoms with Gasteiger partial charge in [-0.05, 0) is 6.92 Å². The average Bonchev–Trinajstić information content (AvgIpc) is 2.21. The van der Waals surface area contributed by atoms with Gasteiger partial charge in [0, 0.05) is 31.9 Å². The van der Waals surface area contributed by atoms with Gasteiger partial charge < -0.3 is 11.1 Å². The van der Waals surface area contributed by atoms with Crippen molar-refractivity contribution in [2.24, 2.45) is 5.73 Å². The van der Waals surface area contributed by atoms with E-state index in [2.05, 4.69) is 27.1 Å². The highest BCUT2D eigenvalue weighted by Gasteiger charge is 1.91. The fourth-order valence-corrected chi connectivity index (χ4v) is 0.879. The van der Waals surface area contributed by atoms with Gasteiger partial charge in [-0.1, -0.05) is 11.8 Å². The van der Waals surface area contributed by atoms with Crippen molar-refractivity contribution in [2.45, 2.75) is 13.3 Å². The first-order chi connectivity index (χ1) is 6.86. The van der Waals surface area contributed by atoms with Crippen LogP contribution in [-0.2, 0) is 0 Å². The summed E-state index contributed by atoms with van der Waals surface area (Å²) >= 11 is 0. The summed E-state index contributed by atoms with van der Waals surface area (Å²) in [7, 11) is 0. The minimum absolute atomic E-state index is 0. The Bertz CT molecular complexity index is 329. The molecular weight excluding hydrogens is 247 g/mol. The number of hydrogen-bond donors (Lipinski definition) is 2. The summed E-state index contributed by atoms with van der Waals surface area (Å²) in [4.78, 5) is 8.18. The van der Waals surface area contributed by atoms with E-state index in [-0.39, 0.29) is 24.8 Å². The number of aromatic nitrogens is 2. The van der Waals surface area contributed by atoms with E-state index in [4.69, 9.17) is 5.73 Å². The molecule has 0 saturated carbocycles. The van der Waals surface area contributed by atoms with Crippen LogP contribution in [-0.4, -0.2) is 23.1 Å². The fourth-order valence-electron chi connectivity index (χ4n) is 0.879. The first kappa shape index (κ1) is 17.4. The number of rotatable bonds is 3. The maximum atomic E-state index is 5.31. The zero-order valence-corrected chi connectivity index (χ0v) is 10.7. The smallest absolute Gasteiger partial charge is 0.222 e. The maximum absolute atomic E-state index is 5.31. The minimum atomic E-state index is 0. The lowest BCUT2D eigenvalue weighted by atomic mass is 10.3. The zero-order valence-electron chi connectivity index (χ0n) is 9.06. The third-order valence-corrected chi connectivity index (χ3v) is 1.49. The molecule has 0 fully saturated rings. The Morgan fingerprint density at radius 1 is 1.31 bits per heavy atom. The van der Waals surface area contributed by atoms with Crippen LogP contribution in [0.15, 0.2) is 12.4 Å². The molecule has 16 heavy (non-hydrogen) atoms. The molecule has 4 nitrogen and oxygen atoms in total. The molecule has 90 valence electrons. The van der Waals surface area contributed by atoms with Crippen molar-refractivity contribution in [1.29, 1.82) is 0 Å². The molecule has 0 amide bonds. The summed E-state index contributed by atoms with van der Waals surface area (Å²) in [6.45, 7) is 3.40. The van der Waals surface area contributed by atoms with Crippen LogP contribution in [0.4, 0.5) is 5.95 Å². The second-order valence-corrected chi connectivity index (χ2v) is 2.67. The van der Waals surface area contributed by atoms with E-state index in [1.807, 2.05) is 6.92 Å². The molecule has 0 unspecified atom stereocenters. The van der Waals surface area contributed by atoms with Gasteiger partial charge in [-0.15, -0.1) is 24.8 Å². The standard InChI is InChI=1S/C10H14N4.2ClH/c1-2-12-10-13-7-9(8-14-10)5-3-4-6-11;;/h7-8H,2,4,6,11H2,1H3,(H,12,13,14);2*1H. The lowest BCUT2D eigenvalue weighted by Crippen LogP contribution is -2.01. The molecule has 3 N–H and O–H groups in total. The molecule has 0 bridgehead atoms. The summed E-state index contributed by atoms with van der Waals surface area (Å²) in [5.74, 6) is 6.50. The molecule has 0 spiro atoms. The number of nitrogens with two attached hydrogens (primary N) is 1. The molecule has 1 aromatic rings. The largest absolute Gasteiger partial charge is 0.355 e. The highest BCUT2D eigenvalue weighted by atomic mass is 35.5. The van der Waals surface area contributed by atoms with Crippen LogP contribution >= 0.6 is 24.8 Å². The van der Waals surface area contributed by atoms with Gasteiger partial charge in [0.25, 0.3) is 0 Å². The highest BCUT2D eigenvalue weighted by Crippen LogP contribution is 1.97. The van der Waals surface area contributed by atoms with E-state index in [9.17, 15) is 0 Å². The lowest BCUT2D eigenvalue weighted by molar-refractivity contribution is 1.03. The third-order valence-electron chi connectivity index (χ3n) is 1.49. The van der Waals surface area contributed by atoms with Crippen molar-refractivity contribution in [1.82, 2.24) is 9.97 Å². The Kier molecular flexibility index (Phi) is 11.4. The minimum Gasteiger partial charge on any atom is -0.355 e. The Hall–Kier alpha value is -1.02. The van der Waals surface area contributed by atoms with Gasteiger partial charge in [0.1, 0.15) is 0 Å². The molecule has 0 aromatic carbocycles. The van der Waals surface area contributed by atoms with Crippen molar-refractivity contribution in [3.8, 4) is 11.8 Å². The molecule has 1 aromatic heterocycles. The van der Waals surface area contributed by atoms with Crippen LogP contribution in [0.2, 0.25) is 0 Å². The lowest BCUT2D eigenvalue weighted by Gasteiger charge is -1.98.